The Morgan fingerprint density at radius 3 is 2.68 bits per heavy atom. The Bertz CT molecular complexity index is 891. The molecule has 1 saturated carbocycles. The van der Waals surface area contributed by atoms with Crippen LogP contribution in [0.15, 0.2) is 36.7 Å². The SMILES string of the molecule is COc1ccc(CN2C(=O)C3CCCCC3(C(=O)O)C2c2cnn(C)c2)cc1. The van der Waals surface area contributed by atoms with Crippen LogP contribution in [0.5, 0.6) is 5.75 Å². The van der Waals surface area contributed by atoms with E-state index in [9.17, 15) is 14.7 Å². The zero-order chi connectivity index (χ0) is 19.9. The molecule has 0 spiro atoms. The summed E-state index contributed by atoms with van der Waals surface area (Å²) in [5, 5.41) is 14.5. The topological polar surface area (TPSA) is 84.7 Å². The van der Waals surface area contributed by atoms with Crippen molar-refractivity contribution in [3.05, 3.63) is 47.8 Å². The van der Waals surface area contributed by atoms with Gasteiger partial charge >= 0.3 is 5.97 Å². The molecule has 7 nitrogen and oxygen atoms in total. The van der Waals surface area contributed by atoms with E-state index in [4.69, 9.17) is 4.74 Å². The van der Waals surface area contributed by atoms with Gasteiger partial charge in [-0.2, -0.15) is 5.10 Å². The molecule has 2 aliphatic rings. The Hall–Kier alpha value is -2.83. The van der Waals surface area contributed by atoms with E-state index in [1.807, 2.05) is 30.5 Å². The number of hydrogen-bond donors (Lipinski definition) is 1. The number of fused-ring (bicyclic) bond motifs is 1. The monoisotopic (exact) mass is 383 g/mol. The first-order valence-corrected chi connectivity index (χ1v) is 9.62. The first-order chi connectivity index (χ1) is 13.5. The van der Waals surface area contributed by atoms with Crippen molar-refractivity contribution >= 4 is 11.9 Å². The van der Waals surface area contributed by atoms with Crippen molar-refractivity contribution in [3.8, 4) is 5.75 Å². The molecule has 1 N–H and O–H groups in total. The van der Waals surface area contributed by atoms with E-state index < -0.39 is 23.3 Å². The van der Waals surface area contributed by atoms with Crippen molar-refractivity contribution in [1.29, 1.82) is 0 Å². The molecule has 1 aliphatic carbocycles. The number of amides is 1. The van der Waals surface area contributed by atoms with Crippen LogP contribution in [0.4, 0.5) is 0 Å². The number of carbonyl (C=O) groups excluding carboxylic acids is 1. The first kappa shape index (κ1) is 18.5. The quantitative estimate of drug-likeness (QED) is 0.858. The Kier molecular flexibility index (Phi) is 4.61. The number of carboxylic acids is 1. The Morgan fingerprint density at radius 1 is 1.32 bits per heavy atom. The van der Waals surface area contributed by atoms with Gasteiger partial charge in [0.15, 0.2) is 0 Å². The van der Waals surface area contributed by atoms with Crippen molar-refractivity contribution in [3.63, 3.8) is 0 Å². The van der Waals surface area contributed by atoms with Crippen molar-refractivity contribution in [2.45, 2.75) is 38.3 Å². The summed E-state index contributed by atoms with van der Waals surface area (Å²) in [7, 11) is 3.42. The number of aryl methyl sites for hydroxylation is 1. The zero-order valence-electron chi connectivity index (χ0n) is 16.2. The minimum Gasteiger partial charge on any atom is -0.497 e. The number of carboxylic acid groups (broad SMARTS) is 1. The number of rotatable bonds is 5. The number of hydrogen-bond acceptors (Lipinski definition) is 4. The lowest BCUT2D eigenvalue weighted by Crippen LogP contribution is -2.43. The lowest BCUT2D eigenvalue weighted by atomic mass is 9.63. The summed E-state index contributed by atoms with van der Waals surface area (Å²) in [4.78, 5) is 27.7. The molecule has 3 unspecified atom stereocenters. The van der Waals surface area contributed by atoms with Gasteiger partial charge in [-0.1, -0.05) is 25.0 Å². The molecule has 1 amide bonds. The van der Waals surface area contributed by atoms with Gasteiger partial charge in [0, 0.05) is 25.4 Å². The highest BCUT2D eigenvalue weighted by atomic mass is 16.5. The van der Waals surface area contributed by atoms with E-state index >= 15 is 0 Å². The van der Waals surface area contributed by atoms with Gasteiger partial charge in [0.05, 0.1) is 25.3 Å². The molecule has 0 radical (unpaired) electrons. The number of carbonyl (C=O) groups is 2. The maximum absolute atomic E-state index is 13.4. The normalized spacial score (nSPS) is 26.9. The second kappa shape index (κ2) is 6.96. The average molecular weight is 383 g/mol. The molecule has 4 rings (SSSR count). The second-order valence-electron chi connectivity index (χ2n) is 7.81. The molecular formula is C21H25N3O4. The number of aliphatic carboxylic acids is 1. The van der Waals surface area contributed by atoms with Crippen molar-refractivity contribution in [2.75, 3.05) is 7.11 Å². The molecule has 148 valence electrons. The molecule has 2 fully saturated rings. The van der Waals surface area contributed by atoms with Crippen LogP contribution in [-0.4, -0.2) is 38.8 Å². The molecule has 1 aromatic carbocycles. The highest BCUT2D eigenvalue weighted by molar-refractivity contribution is 5.92. The maximum Gasteiger partial charge on any atom is 0.312 e. The fourth-order valence-corrected chi connectivity index (χ4v) is 5.00. The zero-order valence-corrected chi connectivity index (χ0v) is 16.2. The van der Waals surface area contributed by atoms with Gasteiger partial charge in [0.2, 0.25) is 5.91 Å². The number of methoxy groups -OCH3 is 1. The molecule has 1 aromatic heterocycles. The minimum atomic E-state index is -1.09. The van der Waals surface area contributed by atoms with Gasteiger partial charge in [0.1, 0.15) is 11.2 Å². The fraction of sp³-hybridized carbons (Fsp3) is 0.476. The average Bonchev–Trinajstić information content (AvgIpc) is 3.23. The lowest BCUT2D eigenvalue weighted by Gasteiger charge is -2.38. The first-order valence-electron chi connectivity index (χ1n) is 9.62. The van der Waals surface area contributed by atoms with Crippen LogP contribution >= 0.6 is 0 Å². The number of nitrogens with zero attached hydrogens (tertiary/aromatic N) is 3. The van der Waals surface area contributed by atoms with Crippen LogP contribution < -0.4 is 4.74 Å². The van der Waals surface area contributed by atoms with E-state index in [2.05, 4.69) is 5.10 Å². The van der Waals surface area contributed by atoms with Gasteiger partial charge < -0.3 is 14.7 Å². The molecule has 1 aliphatic heterocycles. The summed E-state index contributed by atoms with van der Waals surface area (Å²) >= 11 is 0. The summed E-state index contributed by atoms with van der Waals surface area (Å²) in [6.45, 7) is 0.369. The Balaban J connectivity index is 1.78. The van der Waals surface area contributed by atoms with Crippen molar-refractivity contribution in [1.82, 2.24) is 14.7 Å². The largest absolute Gasteiger partial charge is 0.497 e. The summed E-state index contributed by atoms with van der Waals surface area (Å²) in [5.74, 6) is -0.679. The van der Waals surface area contributed by atoms with Crippen LogP contribution in [-0.2, 0) is 23.2 Å². The third kappa shape index (κ3) is 2.77. The van der Waals surface area contributed by atoms with Gasteiger partial charge in [-0.15, -0.1) is 0 Å². The highest BCUT2D eigenvalue weighted by Crippen LogP contribution is 2.58. The molecular weight excluding hydrogens is 358 g/mol. The second-order valence-corrected chi connectivity index (χ2v) is 7.81. The minimum absolute atomic E-state index is 0.0632. The van der Waals surface area contributed by atoms with Crippen molar-refractivity contribution in [2.24, 2.45) is 18.4 Å². The third-order valence-corrected chi connectivity index (χ3v) is 6.29. The molecule has 28 heavy (non-hydrogen) atoms. The van der Waals surface area contributed by atoms with Gasteiger partial charge in [0.25, 0.3) is 0 Å². The highest BCUT2D eigenvalue weighted by Gasteiger charge is 2.64. The number of likely N-dealkylation sites (tertiary alicyclic amines) is 1. The summed E-state index contributed by atoms with van der Waals surface area (Å²) in [6, 6.07) is 7.03. The van der Waals surface area contributed by atoms with Crippen LogP contribution in [0.25, 0.3) is 0 Å². The third-order valence-electron chi connectivity index (χ3n) is 6.29. The fourth-order valence-electron chi connectivity index (χ4n) is 5.00. The van der Waals surface area contributed by atoms with E-state index in [1.165, 1.54) is 0 Å². The summed E-state index contributed by atoms with van der Waals surface area (Å²) in [5.41, 5.74) is 0.642. The number of benzene rings is 1. The van der Waals surface area contributed by atoms with Crippen molar-refractivity contribution < 1.29 is 19.4 Å². The standard InChI is InChI=1S/C21H25N3O4/c1-23-13-15(11-22-23)18-21(20(26)27)10-4-3-5-17(21)19(25)24(18)12-14-6-8-16(28-2)9-7-14/h6-9,11,13,17-18H,3-5,10,12H2,1-2H3,(H,26,27). The molecule has 0 bridgehead atoms. The Labute approximate surface area is 163 Å². The number of aromatic nitrogens is 2. The summed E-state index contributed by atoms with van der Waals surface area (Å²) in [6.07, 6.45) is 6.38. The Morgan fingerprint density at radius 2 is 2.07 bits per heavy atom. The van der Waals surface area contributed by atoms with E-state index in [-0.39, 0.29) is 5.91 Å². The maximum atomic E-state index is 13.4. The lowest BCUT2D eigenvalue weighted by molar-refractivity contribution is -0.156. The smallest absolute Gasteiger partial charge is 0.312 e. The van der Waals surface area contributed by atoms with Crippen LogP contribution in [0.3, 0.4) is 0 Å². The molecule has 2 heterocycles. The van der Waals surface area contributed by atoms with Gasteiger partial charge in [-0.3, -0.25) is 14.3 Å². The predicted octanol–water partition coefficient (Wildman–Crippen LogP) is 2.77. The summed E-state index contributed by atoms with van der Waals surface area (Å²) < 4.78 is 6.87. The van der Waals surface area contributed by atoms with Crippen LogP contribution in [0.2, 0.25) is 0 Å². The van der Waals surface area contributed by atoms with E-state index in [1.54, 1.807) is 29.9 Å². The van der Waals surface area contributed by atoms with Gasteiger partial charge in [-0.05, 0) is 30.5 Å². The molecule has 3 atom stereocenters. The van der Waals surface area contributed by atoms with E-state index in [0.29, 0.717) is 19.4 Å². The van der Waals surface area contributed by atoms with Gasteiger partial charge in [-0.25, -0.2) is 0 Å². The molecule has 7 heteroatoms. The van der Waals surface area contributed by atoms with Crippen LogP contribution in [0, 0.1) is 11.3 Å². The van der Waals surface area contributed by atoms with E-state index in [0.717, 1.165) is 29.7 Å². The molecule has 1 saturated heterocycles. The predicted molar refractivity (Wildman–Crippen MR) is 102 cm³/mol. The van der Waals surface area contributed by atoms with Crippen LogP contribution in [0.1, 0.15) is 42.9 Å². The molecule has 2 aromatic rings. The number of ether oxygens (including phenoxy) is 1.